The fraction of sp³-hybridized carbons (Fsp3) is 0.750. The first kappa shape index (κ1) is 11.5. The van der Waals surface area contributed by atoms with E-state index < -0.39 is 0 Å². The second-order valence-corrected chi connectivity index (χ2v) is 8.20. The van der Waals surface area contributed by atoms with Crippen LogP contribution in [0.5, 0.6) is 0 Å². The monoisotopic (exact) mass is 261 g/mol. The minimum atomic E-state index is 0.407. The molecule has 4 bridgehead atoms. The predicted octanol–water partition coefficient (Wildman–Crippen LogP) is 3.83. The molecule has 0 saturated heterocycles. The maximum atomic E-state index is 6.67. The van der Waals surface area contributed by atoms with Crippen molar-refractivity contribution in [1.82, 2.24) is 0 Å². The van der Waals surface area contributed by atoms with Gasteiger partial charge in [0.1, 0.15) is 0 Å². The molecule has 4 aliphatic rings. The molecule has 4 fully saturated rings. The third kappa shape index (κ3) is 1.77. The largest absolute Gasteiger partial charge is 0.327 e. The van der Waals surface area contributed by atoms with E-state index in [1.165, 1.54) is 43.4 Å². The predicted molar refractivity (Wildman–Crippen MR) is 76.6 cm³/mol. The van der Waals surface area contributed by atoms with Crippen molar-refractivity contribution in [2.24, 2.45) is 28.9 Å². The van der Waals surface area contributed by atoms with E-state index in [0.717, 1.165) is 24.2 Å². The lowest BCUT2D eigenvalue weighted by molar-refractivity contribution is -0.0666. The molecule has 1 nitrogen and oxygen atoms in total. The van der Waals surface area contributed by atoms with Crippen LogP contribution in [0.15, 0.2) is 17.5 Å². The van der Waals surface area contributed by atoms with Gasteiger partial charge in [-0.05, 0) is 79.6 Å². The molecule has 1 aromatic rings. The molecule has 1 heterocycles. The molecule has 98 valence electrons. The molecule has 18 heavy (non-hydrogen) atoms. The van der Waals surface area contributed by atoms with Crippen molar-refractivity contribution in [3.63, 3.8) is 0 Å². The highest BCUT2D eigenvalue weighted by Crippen LogP contribution is 2.61. The van der Waals surface area contributed by atoms with Gasteiger partial charge in [0.25, 0.3) is 0 Å². The van der Waals surface area contributed by atoms with Crippen LogP contribution in [0, 0.1) is 23.2 Å². The standard InChI is InChI=1S/C16H23NS/c17-15(7-14-2-1-3-18-14)16-8-11-4-12(9-16)6-13(5-11)10-16/h1-3,11-13,15H,4-10,17H2. The van der Waals surface area contributed by atoms with Gasteiger partial charge in [-0.25, -0.2) is 0 Å². The molecule has 1 aromatic heterocycles. The summed E-state index contributed by atoms with van der Waals surface area (Å²) in [6, 6.07) is 4.82. The highest BCUT2D eigenvalue weighted by atomic mass is 32.1. The third-order valence-electron chi connectivity index (χ3n) is 5.87. The van der Waals surface area contributed by atoms with Gasteiger partial charge in [-0.1, -0.05) is 6.07 Å². The molecule has 0 amide bonds. The first-order valence-corrected chi connectivity index (χ1v) is 8.39. The summed E-state index contributed by atoms with van der Waals surface area (Å²) in [6.45, 7) is 0. The summed E-state index contributed by atoms with van der Waals surface area (Å²) in [6.07, 6.45) is 9.98. The van der Waals surface area contributed by atoms with E-state index in [1.807, 2.05) is 11.3 Å². The van der Waals surface area contributed by atoms with Crippen LogP contribution < -0.4 is 5.73 Å². The fourth-order valence-electron chi connectivity index (χ4n) is 5.49. The first-order valence-electron chi connectivity index (χ1n) is 7.51. The Kier molecular flexibility index (Phi) is 2.60. The third-order valence-corrected chi connectivity index (χ3v) is 6.77. The topological polar surface area (TPSA) is 26.0 Å². The average molecular weight is 261 g/mol. The van der Waals surface area contributed by atoms with Crippen molar-refractivity contribution in [1.29, 1.82) is 0 Å². The zero-order chi connectivity index (χ0) is 12.2. The van der Waals surface area contributed by atoms with E-state index >= 15 is 0 Å². The Balaban J connectivity index is 1.56. The zero-order valence-corrected chi connectivity index (χ0v) is 11.8. The second kappa shape index (κ2) is 4.08. The molecule has 2 heteroatoms. The van der Waals surface area contributed by atoms with Crippen LogP contribution in [0.25, 0.3) is 0 Å². The molecule has 0 aromatic carbocycles. The van der Waals surface area contributed by atoms with Crippen LogP contribution in [0.1, 0.15) is 43.4 Å². The minimum Gasteiger partial charge on any atom is -0.327 e. The van der Waals surface area contributed by atoms with Gasteiger partial charge in [0.15, 0.2) is 0 Å². The van der Waals surface area contributed by atoms with Gasteiger partial charge in [0, 0.05) is 10.9 Å². The molecule has 0 spiro atoms. The van der Waals surface area contributed by atoms with Gasteiger partial charge in [-0.3, -0.25) is 0 Å². The molecule has 5 rings (SSSR count). The Morgan fingerprint density at radius 1 is 1.17 bits per heavy atom. The Morgan fingerprint density at radius 3 is 2.28 bits per heavy atom. The lowest BCUT2D eigenvalue weighted by atomic mass is 9.47. The van der Waals surface area contributed by atoms with Crippen LogP contribution in [0.4, 0.5) is 0 Å². The summed E-state index contributed by atoms with van der Waals surface area (Å²) < 4.78 is 0. The fourth-order valence-corrected chi connectivity index (χ4v) is 6.26. The maximum absolute atomic E-state index is 6.67. The molecule has 4 saturated carbocycles. The van der Waals surface area contributed by atoms with E-state index in [2.05, 4.69) is 17.5 Å². The van der Waals surface area contributed by atoms with Crippen molar-refractivity contribution >= 4 is 11.3 Å². The summed E-state index contributed by atoms with van der Waals surface area (Å²) in [5.74, 6) is 3.06. The molecule has 4 aliphatic carbocycles. The Hall–Kier alpha value is -0.340. The van der Waals surface area contributed by atoms with E-state index in [9.17, 15) is 0 Å². The normalized spacial score (nSPS) is 43.3. The van der Waals surface area contributed by atoms with Crippen LogP contribution in [0.2, 0.25) is 0 Å². The highest BCUT2D eigenvalue weighted by Gasteiger charge is 2.53. The van der Waals surface area contributed by atoms with Crippen molar-refractivity contribution in [3.05, 3.63) is 22.4 Å². The lowest BCUT2D eigenvalue weighted by Crippen LogP contribution is -2.55. The second-order valence-electron chi connectivity index (χ2n) is 7.17. The molecule has 1 atom stereocenters. The first-order chi connectivity index (χ1) is 8.73. The van der Waals surface area contributed by atoms with E-state index in [-0.39, 0.29) is 0 Å². The molecular weight excluding hydrogens is 238 g/mol. The summed E-state index contributed by atoms with van der Waals surface area (Å²) in [5.41, 5.74) is 7.18. The smallest absolute Gasteiger partial charge is 0.0144 e. The number of hydrogen-bond acceptors (Lipinski definition) is 2. The SMILES string of the molecule is NC(Cc1cccs1)C12CC3CC(CC(C3)C1)C2. The van der Waals surface area contributed by atoms with Gasteiger partial charge >= 0.3 is 0 Å². The van der Waals surface area contributed by atoms with Crippen molar-refractivity contribution in [3.8, 4) is 0 Å². The van der Waals surface area contributed by atoms with Crippen molar-refractivity contribution < 1.29 is 0 Å². The van der Waals surface area contributed by atoms with Gasteiger partial charge in [0.2, 0.25) is 0 Å². The lowest BCUT2D eigenvalue weighted by Gasteiger charge is -2.59. The van der Waals surface area contributed by atoms with Crippen molar-refractivity contribution in [2.75, 3.05) is 0 Å². The highest BCUT2D eigenvalue weighted by molar-refractivity contribution is 7.09. The van der Waals surface area contributed by atoms with Crippen LogP contribution in [-0.2, 0) is 6.42 Å². The van der Waals surface area contributed by atoms with Gasteiger partial charge < -0.3 is 5.73 Å². The Morgan fingerprint density at radius 2 is 1.78 bits per heavy atom. The quantitative estimate of drug-likeness (QED) is 0.879. The summed E-state index contributed by atoms with van der Waals surface area (Å²) >= 11 is 1.88. The van der Waals surface area contributed by atoms with E-state index in [1.54, 1.807) is 0 Å². The van der Waals surface area contributed by atoms with E-state index in [0.29, 0.717) is 11.5 Å². The van der Waals surface area contributed by atoms with Gasteiger partial charge in [-0.15, -0.1) is 11.3 Å². The van der Waals surface area contributed by atoms with Gasteiger partial charge in [-0.2, -0.15) is 0 Å². The van der Waals surface area contributed by atoms with E-state index in [4.69, 9.17) is 5.73 Å². The number of hydrogen-bond donors (Lipinski definition) is 1. The number of rotatable bonds is 3. The van der Waals surface area contributed by atoms with Crippen LogP contribution >= 0.6 is 11.3 Å². The number of nitrogens with two attached hydrogens (primary N) is 1. The number of thiophene rings is 1. The molecule has 1 unspecified atom stereocenters. The summed E-state index contributed by atoms with van der Waals surface area (Å²) in [5, 5.41) is 2.18. The van der Waals surface area contributed by atoms with Crippen LogP contribution in [-0.4, -0.2) is 6.04 Å². The molecule has 0 aliphatic heterocycles. The van der Waals surface area contributed by atoms with Crippen LogP contribution in [0.3, 0.4) is 0 Å². The Labute approximate surface area is 114 Å². The summed E-state index contributed by atoms with van der Waals surface area (Å²) in [4.78, 5) is 1.48. The minimum absolute atomic E-state index is 0.407. The van der Waals surface area contributed by atoms with Gasteiger partial charge in [0.05, 0.1) is 0 Å². The zero-order valence-electron chi connectivity index (χ0n) is 11.0. The maximum Gasteiger partial charge on any atom is 0.0144 e. The van der Waals surface area contributed by atoms with Crippen molar-refractivity contribution in [2.45, 2.75) is 51.0 Å². The molecule has 0 radical (unpaired) electrons. The Bertz CT molecular complexity index is 387. The average Bonchev–Trinajstić information content (AvgIpc) is 2.79. The molecular formula is C16H23NS. The molecule has 2 N–H and O–H groups in total. The summed E-state index contributed by atoms with van der Waals surface area (Å²) in [7, 11) is 0.